The summed E-state index contributed by atoms with van der Waals surface area (Å²) in [4.78, 5) is 65.7. The summed E-state index contributed by atoms with van der Waals surface area (Å²) in [6.07, 6.45) is 1.94. The van der Waals surface area contributed by atoms with E-state index in [9.17, 15) is 24.3 Å². The molecule has 0 atom stereocenters. The fraction of sp³-hybridized carbons (Fsp3) is 0.132. The fourth-order valence-corrected chi connectivity index (χ4v) is 6.29. The number of unbranched alkanes of at least 4 members (excludes halogenated alkanes) is 2. The highest BCUT2D eigenvalue weighted by Gasteiger charge is 2.28. The van der Waals surface area contributed by atoms with Crippen LogP contribution >= 0.6 is 12.6 Å². The van der Waals surface area contributed by atoms with Crippen LogP contribution in [0.2, 0.25) is 0 Å². The number of ether oxygens (including phenoxy) is 1. The summed E-state index contributed by atoms with van der Waals surface area (Å²) in [5.41, 5.74) is 4.05. The first-order valence-corrected chi connectivity index (χ1v) is 17.0. The molecule has 4 aromatic carbocycles. The molecule has 0 saturated carbocycles. The average Bonchev–Trinajstić information content (AvgIpc) is 3.13. The van der Waals surface area contributed by atoms with Crippen molar-refractivity contribution in [2.24, 2.45) is 0 Å². The summed E-state index contributed by atoms with van der Waals surface area (Å²) < 4.78 is 5.83. The lowest BCUT2D eigenvalue weighted by atomic mass is 9.83. The number of hydrogen-bond donors (Lipinski definition) is 7. The summed E-state index contributed by atoms with van der Waals surface area (Å²) >= 11 is 4.67. The van der Waals surface area contributed by atoms with E-state index < -0.39 is 11.9 Å². The van der Waals surface area contributed by atoms with Gasteiger partial charge in [0, 0.05) is 46.1 Å². The minimum absolute atomic E-state index is 0.0337. The summed E-state index contributed by atoms with van der Waals surface area (Å²) in [6.45, 7) is 0.434. The standard InChI is InChI=1S/C38H31N7O7S/c46-30-19-24-21-8-3-4-9-22(21)34(49)33-26(15-14-25(42-30)32(24)33)41-27-18-20(13-16-29(27)53)40-37-43-36(39-17-7-1-2-12-31(47)48)44-38(45-37)52-28-11-6-5-10-23(28)35(50)51/h3-6,8-11,13-16,18-19,41,53H,1-2,7,12,17H2,(H,42,46)(H,47,48)(H,50,51)(H2,39,40,43,44,45). The molecule has 53 heavy (non-hydrogen) atoms. The number of carbonyl (C=O) groups is 3. The predicted octanol–water partition coefficient (Wildman–Crippen LogP) is 7.25. The van der Waals surface area contributed by atoms with Gasteiger partial charge in [-0.1, -0.05) is 42.8 Å². The van der Waals surface area contributed by atoms with Crippen LogP contribution in [0.15, 0.2) is 94.6 Å². The van der Waals surface area contributed by atoms with Gasteiger partial charge in [0.1, 0.15) is 11.3 Å². The van der Waals surface area contributed by atoms with E-state index in [4.69, 9.17) is 9.84 Å². The summed E-state index contributed by atoms with van der Waals surface area (Å²) in [6, 6.07) is 23.4. The second-order valence-corrected chi connectivity index (χ2v) is 12.6. The number of hydrogen-bond acceptors (Lipinski definition) is 12. The van der Waals surface area contributed by atoms with Crippen molar-refractivity contribution in [3.63, 3.8) is 0 Å². The first-order valence-electron chi connectivity index (χ1n) is 16.6. The number of fused-ring (bicyclic) bond motifs is 2. The number of benzene rings is 4. The Kier molecular flexibility index (Phi) is 9.72. The smallest absolute Gasteiger partial charge is 0.339 e. The first kappa shape index (κ1) is 34.7. The lowest BCUT2D eigenvalue weighted by Gasteiger charge is -2.23. The Morgan fingerprint density at radius 1 is 0.774 bits per heavy atom. The Morgan fingerprint density at radius 2 is 1.55 bits per heavy atom. The molecule has 1 aliphatic carbocycles. The van der Waals surface area contributed by atoms with E-state index >= 15 is 0 Å². The van der Waals surface area contributed by atoms with E-state index in [1.54, 1.807) is 54.6 Å². The monoisotopic (exact) mass is 729 g/mol. The van der Waals surface area contributed by atoms with Crippen LogP contribution in [0.3, 0.4) is 0 Å². The number of para-hydroxylation sites is 1. The number of aromatic nitrogens is 4. The third-order valence-corrected chi connectivity index (χ3v) is 8.89. The number of aliphatic carboxylic acids is 1. The largest absolute Gasteiger partial charge is 0.481 e. The van der Waals surface area contributed by atoms with Crippen LogP contribution in [0.1, 0.15) is 52.0 Å². The second kappa shape index (κ2) is 14.9. The highest BCUT2D eigenvalue weighted by atomic mass is 32.1. The maximum atomic E-state index is 13.9. The molecule has 6 aromatic rings. The molecule has 266 valence electrons. The molecular formula is C38H31N7O7S. The SMILES string of the molecule is O=C(O)CCCCCNc1nc(Nc2ccc(S)c(Nc3ccc4[nH]c(=O)cc5c4c3C(=O)c3ccccc3-5)c2)nc(Oc2ccccc2C(=O)O)n1. The van der Waals surface area contributed by atoms with E-state index in [1.807, 2.05) is 12.1 Å². The maximum Gasteiger partial charge on any atom is 0.339 e. The third kappa shape index (κ3) is 7.50. The molecule has 7 rings (SSSR count). The summed E-state index contributed by atoms with van der Waals surface area (Å²) in [5, 5.41) is 28.8. The molecule has 0 fully saturated rings. The number of ketones is 1. The first-order chi connectivity index (χ1) is 25.6. The van der Waals surface area contributed by atoms with Crippen molar-refractivity contribution in [3.05, 3.63) is 112 Å². The Balaban J connectivity index is 1.19. The van der Waals surface area contributed by atoms with Gasteiger partial charge in [0.25, 0.3) is 0 Å². The van der Waals surface area contributed by atoms with Gasteiger partial charge in [0.05, 0.1) is 16.9 Å². The quantitative estimate of drug-likeness (QED) is 0.0435. The fourth-order valence-electron chi connectivity index (χ4n) is 6.10. The molecule has 14 nitrogen and oxygen atoms in total. The second-order valence-electron chi connectivity index (χ2n) is 12.1. The van der Waals surface area contributed by atoms with Crippen LogP contribution < -0.4 is 26.2 Å². The lowest BCUT2D eigenvalue weighted by molar-refractivity contribution is -0.137. The number of anilines is 5. The molecule has 0 spiro atoms. The zero-order valence-electron chi connectivity index (χ0n) is 27.8. The molecule has 15 heteroatoms. The van der Waals surface area contributed by atoms with Crippen LogP contribution in [-0.2, 0) is 4.79 Å². The minimum Gasteiger partial charge on any atom is -0.481 e. The minimum atomic E-state index is -1.18. The molecule has 2 heterocycles. The van der Waals surface area contributed by atoms with Crippen molar-refractivity contribution >= 4 is 70.2 Å². The molecule has 0 saturated heterocycles. The van der Waals surface area contributed by atoms with Gasteiger partial charge in [0.15, 0.2) is 5.78 Å². The molecule has 0 bridgehead atoms. The van der Waals surface area contributed by atoms with Gasteiger partial charge in [0.2, 0.25) is 17.5 Å². The molecule has 0 amide bonds. The van der Waals surface area contributed by atoms with Gasteiger partial charge in [-0.05, 0) is 66.4 Å². The Bertz CT molecular complexity index is 2490. The van der Waals surface area contributed by atoms with Gasteiger partial charge < -0.3 is 35.9 Å². The average molecular weight is 730 g/mol. The van der Waals surface area contributed by atoms with Crippen molar-refractivity contribution < 1.29 is 29.3 Å². The van der Waals surface area contributed by atoms with Crippen LogP contribution in [0, 0.1) is 0 Å². The lowest BCUT2D eigenvalue weighted by Crippen LogP contribution is -2.16. The number of carboxylic acids is 2. The van der Waals surface area contributed by atoms with Crippen LogP contribution in [0.5, 0.6) is 11.8 Å². The van der Waals surface area contributed by atoms with Crippen molar-refractivity contribution in [2.45, 2.75) is 30.6 Å². The number of nitrogens with one attached hydrogen (secondary N) is 4. The molecule has 1 aliphatic rings. The Morgan fingerprint density at radius 3 is 2.36 bits per heavy atom. The van der Waals surface area contributed by atoms with Crippen molar-refractivity contribution in [1.29, 1.82) is 0 Å². The Labute approximate surface area is 306 Å². The predicted molar refractivity (Wildman–Crippen MR) is 202 cm³/mol. The number of nitrogens with zero attached hydrogens (tertiary/aromatic N) is 3. The number of rotatable bonds is 14. The molecule has 6 N–H and O–H groups in total. The number of thiol groups is 1. The van der Waals surface area contributed by atoms with Crippen molar-refractivity contribution in [3.8, 4) is 22.9 Å². The summed E-state index contributed by atoms with van der Waals surface area (Å²) in [5.74, 6) is -1.96. The van der Waals surface area contributed by atoms with Crippen molar-refractivity contribution in [1.82, 2.24) is 19.9 Å². The zero-order chi connectivity index (χ0) is 37.1. The topological polar surface area (TPSA) is 209 Å². The van der Waals surface area contributed by atoms with E-state index in [-0.39, 0.29) is 47.0 Å². The molecule has 2 aromatic heterocycles. The molecule has 0 unspecified atom stereocenters. The van der Waals surface area contributed by atoms with E-state index in [2.05, 4.69) is 48.5 Å². The number of H-pyrrole nitrogens is 1. The molecule has 0 radical (unpaired) electrons. The number of carboxylic acid groups (broad SMARTS) is 2. The third-order valence-electron chi connectivity index (χ3n) is 8.50. The zero-order valence-corrected chi connectivity index (χ0v) is 28.7. The number of aromatic carboxylic acids is 1. The van der Waals surface area contributed by atoms with Crippen LogP contribution in [0.25, 0.3) is 22.0 Å². The summed E-state index contributed by atoms with van der Waals surface area (Å²) in [7, 11) is 0. The highest BCUT2D eigenvalue weighted by Crippen LogP contribution is 2.42. The van der Waals surface area contributed by atoms with Gasteiger partial charge in [-0.2, -0.15) is 15.0 Å². The number of aromatic amines is 1. The Hall–Kier alpha value is -6.74. The van der Waals surface area contributed by atoms with Gasteiger partial charge in [-0.15, -0.1) is 12.6 Å². The van der Waals surface area contributed by atoms with E-state index in [1.165, 1.54) is 18.2 Å². The van der Waals surface area contributed by atoms with E-state index in [0.29, 0.717) is 80.9 Å². The number of pyridine rings is 1. The molecule has 0 aliphatic heterocycles. The maximum absolute atomic E-state index is 13.9. The van der Waals surface area contributed by atoms with Gasteiger partial charge in [-0.3, -0.25) is 14.4 Å². The van der Waals surface area contributed by atoms with Crippen LogP contribution in [0.4, 0.5) is 29.0 Å². The number of carbonyl (C=O) groups excluding carboxylic acids is 1. The normalized spacial score (nSPS) is 11.5. The van der Waals surface area contributed by atoms with Gasteiger partial charge >= 0.3 is 17.9 Å². The van der Waals surface area contributed by atoms with E-state index in [0.717, 1.165) is 0 Å². The van der Waals surface area contributed by atoms with Crippen molar-refractivity contribution in [2.75, 3.05) is 22.5 Å². The highest BCUT2D eigenvalue weighted by molar-refractivity contribution is 7.80. The van der Waals surface area contributed by atoms with Crippen LogP contribution in [-0.4, -0.2) is 54.4 Å². The molecular weight excluding hydrogens is 699 g/mol. The van der Waals surface area contributed by atoms with Gasteiger partial charge in [-0.25, -0.2) is 4.79 Å².